The largest absolute Gasteiger partial charge is 0.477 e. The van der Waals surface area contributed by atoms with Crippen molar-refractivity contribution in [3.63, 3.8) is 0 Å². The maximum absolute atomic E-state index is 12.7. The predicted molar refractivity (Wildman–Crippen MR) is 101 cm³/mol. The summed E-state index contributed by atoms with van der Waals surface area (Å²) in [6.07, 6.45) is 0. The number of benzene rings is 2. The predicted octanol–water partition coefficient (Wildman–Crippen LogP) is 5.04. The molecule has 0 spiro atoms. The van der Waals surface area contributed by atoms with Crippen molar-refractivity contribution in [1.82, 2.24) is 0 Å². The molecule has 0 saturated heterocycles. The van der Waals surface area contributed by atoms with E-state index in [1.807, 2.05) is 30.3 Å². The van der Waals surface area contributed by atoms with Gasteiger partial charge >= 0.3 is 5.97 Å². The first kappa shape index (κ1) is 17.2. The lowest BCUT2D eigenvalue weighted by Gasteiger charge is -2.17. The average Bonchev–Trinajstić information content (AvgIpc) is 3.07. The number of anilines is 1. The standard InChI is InChI=1S/C19H14ClNO3S/c1-21(18(22)13-9-5-6-10-14(13)20)15-11-16(25-17(15)19(23)24)12-7-3-2-4-8-12/h2-11H,1H3,(H,23,24). The number of halogens is 1. The summed E-state index contributed by atoms with van der Waals surface area (Å²) in [5.74, 6) is -1.42. The zero-order chi connectivity index (χ0) is 18.0. The van der Waals surface area contributed by atoms with Crippen LogP contribution in [-0.4, -0.2) is 24.0 Å². The molecular formula is C19H14ClNO3S. The quantitative estimate of drug-likeness (QED) is 0.698. The Balaban J connectivity index is 2.04. The normalized spacial score (nSPS) is 10.5. The van der Waals surface area contributed by atoms with Crippen LogP contribution in [0.25, 0.3) is 10.4 Å². The molecule has 2 aromatic carbocycles. The second-order valence-corrected chi connectivity index (χ2v) is 6.80. The SMILES string of the molecule is CN(C(=O)c1ccccc1Cl)c1cc(-c2ccccc2)sc1C(=O)O. The number of rotatable bonds is 4. The Bertz CT molecular complexity index is 937. The molecule has 0 aliphatic rings. The van der Waals surface area contributed by atoms with E-state index in [2.05, 4.69) is 0 Å². The van der Waals surface area contributed by atoms with Crippen LogP contribution in [-0.2, 0) is 0 Å². The van der Waals surface area contributed by atoms with Gasteiger partial charge in [-0.15, -0.1) is 11.3 Å². The van der Waals surface area contributed by atoms with Crippen LogP contribution in [0.2, 0.25) is 5.02 Å². The zero-order valence-corrected chi connectivity index (χ0v) is 14.8. The highest BCUT2D eigenvalue weighted by Gasteiger charge is 2.24. The summed E-state index contributed by atoms with van der Waals surface area (Å²) < 4.78 is 0. The topological polar surface area (TPSA) is 57.6 Å². The smallest absolute Gasteiger partial charge is 0.348 e. The van der Waals surface area contributed by atoms with Gasteiger partial charge in [0.2, 0.25) is 0 Å². The van der Waals surface area contributed by atoms with Gasteiger partial charge in [-0.3, -0.25) is 4.79 Å². The third-order valence-electron chi connectivity index (χ3n) is 3.74. The molecule has 3 rings (SSSR count). The Kier molecular flexibility index (Phi) is 4.88. The number of aromatic carboxylic acids is 1. The van der Waals surface area contributed by atoms with Crippen molar-refractivity contribution in [2.75, 3.05) is 11.9 Å². The first-order chi connectivity index (χ1) is 12.0. The third-order valence-corrected chi connectivity index (χ3v) is 5.23. The molecule has 6 heteroatoms. The van der Waals surface area contributed by atoms with Gasteiger partial charge in [0.25, 0.3) is 5.91 Å². The van der Waals surface area contributed by atoms with Crippen molar-refractivity contribution in [3.05, 3.63) is 76.1 Å². The summed E-state index contributed by atoms with van der Waals surface area (Å²) in [5, 5.41) is 9.86. The van der Waals surface area contributed by atoms with Crippen LogP contribution in [0.5, 0.6) is 0 Å². The fourth-order valence-electron chi connectivity index (χ4n) is 2.45. The second kappa shape index (κ2) is 7.09. The molecule has 4 nitrogen and oxygen atoms in total. The minimum atomic E-state index is -1.07. The Morgan fingerprint density at radius 3 is 2.32 bits per heavy atom. The lowest BCUT2D eigenvalue weighted by atomic mass is 10.1. The number of amides is 1. The van der Waals surface area contributed by atoms with Gasteiger partial charge in [-0.1, -0.05) is 54.1 Å². The molecule has 0 aliphatic carbocycles. The van der Waals surface area contributed by atoms with Crippen molar-refractivity contribution in [3.8, 4) is 10.4 Å². The number of nitrogens with zero attached hydrogens (tertiary/aromatic N) is 1. The molecule has 0 unspecified atom stereocenters. The monoisotopic (exact) mass is 371 g/mol. The van der Waals surface area contributed by atoms with Crippen LogP contribution in [0.15, 0.2) is 60.7 Å². The highest BCUT2D eigenvalue weighted by Crippen LogP contribution is 2.37. The van der Waals surface area contributed by atoms with E-state index in [0.29, 0.717) is 16.3 Å². The molecule has 0 atom stereocenters. The molecule has 3 aromatic rings. The van der Waals surface area contributed by atoms with Crippen LogP contribution in [0, 0.1) is 0 Å². The molecule has 0 radical (unpaired) electrons. The number of hydrogen-bond donors (Lipinski definition) is 1. The molecule has 0 aliphatic heterocycles. The van der Waals surface area contributed by atoms with Gasteiger partial charge < -0.3 is 10.0 Å². The summed E-state index contributed by atoms with van der Waals surface area (Å²) in [5.41, 5.74) is 1.58. The number of carbonyl (C=O) groups is 2. The summed E-state index contributed by atoms with van der Waals surface area (Å²) in [6.45, 7) is 0. The third kappa shape index (κ3) is 3.43. The molecular weight excluding hydrogens is 358 g/mol. The van der Waals surface area contributed by atoms with E-state index in [4.69, 9.17) is 11.6 Å². The van der Waals surface area contributed by atoms with Crippen molar-refractivity contribution in [2.24, 2.45) is 0 Å². The number of carboxylic acid groups (broad SMARTS) is 1. The van der Waals surface area contributed by atoms with Crippen molar-refractivity contribution in [2.45, 2.75) is 0 Å². The van der Waals surface area contributed by atoms with Gasteiger partial charge in [0.05, 0.1) is 16.3 Å². The molecule has 1 aromatic heterocycles. The summed E-state index contributed by atoms with van der Waals surface area (Å²) in [4.78, 5) is 26.6. The Morgan fingerprint density at radius 2 is 1.68 bits per heavy atom. The van der Waals surface area contributed by atoms with Gasteiger partial charge in [0, 0.05) is 11.9 Å². The fourth-order valence-corrected chi connectivity index (χ4v) is 3.70. The van der Waals surface area contributed by atoms with E-state index >= 15 is 0 Å². The molecule has 0 bridgehead atoms. The molecule has 0 fully saturated rings. The first-order valence-electron chi connectivity index (χ1n) is 7.44. The number of carbonyl (C=O) groups excluding carboxylic acids is 1. The average molecular weight is 372 g/mol. The Morgan fingerprint density at radius 1 is 1.04 bits per heavy atom. The summed E-state index contributed by atoms with van der Waals surface area (Å²) in [7, 11) is 1.55. The van der Waals surface area contributed by atoms with Crippen molar-refractivity contribution in [1.29, 1.82) is 0 Å². The molecule has 1 N–H and O–H groups in total. The van der Waals surface area contributed by atoms with Crippen LogP contribution in [0.4, 0.5) is 5.69 Å². The zero-order valence-electron chi connectivity index (χ0n) is 13.3. The highest BCUT2D eigenvalue weighted by atomic mass is 35.5. The molecule has 0 saturated carbocycles. The van der Waals surface area contributed by atoms with Crippen LogP contribution < -0.4 is 4.90 Å². The molecule has 126 valence electrons. The van der Waals surface area contributed by atoms with Crippen molar-refractivity contribution < 1.29 is 14.7 Å². The molecule has 25 heavy (non-hydrogen) atoms. The minimum absolute atomic E-state index is 0.113. The van der Waals surface area contributed by atoms with E-state index < -0.39 is 5.97 Å². The highest BCUT2D eigenvalue weighted by molar-refractivity contribution is 7.18. The van der Waals surface area contributed by atoms with E-state index in [-0.39, 0.29) is 10.8 Å². The maximum atomic E-state index is 12.7. The van der Waals surface area contributed by atoms with E-state index in [1.165, 1.54) is 4.90 Å². The number of thiophene rings is 1. The van der Waals surface area contributed by atoms with Gasteiger partial charge in [-0.25, -0.2) is 4.79 Å². The van der Waals surface area contributed by atoms with Gasteiger partial charge in [0.1, 0.15) is 4.88 Å². The Hall–Kier alpha value is -2.63. The van der Waals surface area contributed by atoms with Crippen LogP contribution >= 0.6 is 22.9 Å². The van der Waals surface area contributed by atoms with Gasteiger partial charge in [0.15, 0.2) is 0 Å². The summed E-state index contributed by atoms with van der Waals surface area (Å²) >= 11 is 7.23. The number of carboxylic acids is 1. The van der Waals surface area contributed by atoms with E-state index in [1.54, 1.807) is 37.4 Å². The van der Waals surface area contributed by atoms with Crippen LogP contribution in [0.1, 0.15) is 20.0 Å². The fraction of sp³-hybridized carbons (Fsp3) is 0.0526. The number of hydrogen-bond acceptors (Lipinski definition) is 3. The molecule has 1 amide bonds. The Labute approximate surface area is 153 Å². The van der Waals surface area contributed by atoms with Gasteiger partial charge in [-0.05, 0) is 23.8 Å². The van der Waals surface area contributed by atoms with E-state index in [9.17, 15) is 14.7 Å². The lowest BCUT2D eigenvalue weighted by molar-refractivity contribution is 0.0703. The van der Waals surface area contributed by atoms with E-state index in [0.717, 1.165) is 21.8 Å². The minimum Gasteiger partial charge on any atom is -0.477 e. The van der Waals surface area contributed by atoms with Crippen molar-refractivity contribution >= 4 is 40.5 Å². The second-order valence-electron chi connectivity index (χ2n) is 5.34. The maximum Gasteiger partial charge on any atom is 0.348 e. The first-order valence-corrected chi connectivity index (χ1v) is 8.63. The lowest BCUT2D eigenvalue weighted by Crippen LogP contribution is -2.27. The summed E-state index contributed by atoms with van der Waals surface area (Å²) in [6, 6.07) is 17.9. The van der Waals surface area contributed by atoms with Crippen LogP contribution in [0.3, 0.4) is 0 Å². The van der Waals surface area contributed by atoms with Gasteiger partial charge in [-0.2, -0.15) is 0 Å². The molecule has 1 heterocycles.